The molecule has 234 valence electrons. The van der Waals surface area contributed by atoms with Gasteiger partial charge in [-0.15, -0.1) is 11.3 Å². The molecule has 3 aromatic heterocycles. The van der Waals surface area contributed by atoms with Crippen LogP contribution in [0.15, 0.2) is 174 Å². The van der Waals surface area contributed by atoms with E-state index in [1.54, 1.807) is 0 Å². The quantitative estimate of drug-likeness (QED) is 0.188. The average Bonchev–Trinajstić information content (AvgIpc) is 3.84. The van der Waals surface area contributed by atoms with Crippen molar-refractivity contribution in [2.24, 2.45) is 0 Å². The molecule has 0 aliphatic carbocycles. The highest BCUT2D eigenvalue weighted by Gasteiger charge is 2.23. The molecule has 0 saturated carbocycles. The predicted octanol–water partition coefficient (Wildman–Crippen LogP) is 13.7. The summed E-state index contributed by atoms with van der Waals surface area (Å²) in [6.45, 7) is 0. The SMILES string of the molecule is c1ccc2cc(N(c3ccc4c(c3)oc3ccccc34)c3cc(-n4c5ccccc5c5ccccc54)cc4c3sc3ccccc34)ccc2c1. The molecule has 0 atom stereocenters. The molecule has 0 N–H and O–H groups in total. The van der Waals surface area contributed by atoms with Gasteiger partial charge in [0.25, 0.3) is 0 Å². The first-order valence-corrected chi connectivity index (χ1v) is 17.7. The van der Waals surface area contributed by atoms with Crippen molar-refractivity contribution in [2.75, 3.05) is 4.90 Å². The van der Waals surface area contributed by atoms with Gasteiger partial charge in [-0.25, -0.2) is 0 Å². The van der Waals surface area contributed by atoms with Crippen LogP contribution in [0.3, 0.4) is 0 Å². The minimum atomic E-state index is 0.876. The smallest absolute Gasteiger partial charge is 0.137 e. The van der Waals surface area contributed by atoms with E-state index in [9.17, 15) is 0 Å². The summed E-state index contributed by atoms with van der Waals surface area (Å²) in [7, 11) is 0. The van der Waals surface area contributed by atoms with Crippen LogP contribution >= 0.6 is 11.3 Å². The second-order valence-electron chi connectivity index (χ2n) is 13.0. The fourth-order valence-electron chi connectivity index (χ4n) is 7.89. The third-order valence-corrected chi connectivity index (χ3v) is 11.3. The number of hydrogen-bond acceptors (Lipinski definition) is 3. The number of anilines is 3. The van der Waals surface area contributed by atoms with Gasteiger partial charge in [-0.05, 0) is 71.4 Å². The molecular weight excluding hydrogens is 629 g/mol. The Balaban J connectivity index is 1.26. The Morgan fingerprint density at radius 3 is 1.88 bits per heavy atom. The maximum absolute atomic E-state index is 6.47. The van der Waals surface area contributed by atoms with E-state index < -0.39 is 0 Å². The summed E-state index contributed by atoms with van der Waals surface area (Å²) in [5.74, 6) is 0. The Labute approximate surface area is 291 Å². The van der Waals surface area contributed by atoms with Gasteiger partial charge in [0, 0.05) is 60.1 Å². The summed E-state index contributed by atoms with van der Waals surface area (Å²) in [6.07, 6.45) is 0. The van der Waals surface area contributed by atoms with Crippen LogP contribution in [0.2, 0.25) is 0 Å². The molecule has 3 heterocycles. The molecule has 0 radical (unpaired) electrons. The van der Waals surface area contributed by atoms with E-state index >= 15 is 0 Å². The Morgan fingerprint density at radius 2 is 1.06 bits per heavy atom. The average molecular weight is 657 g/mol. The minimum Gasteiger partial charge on any atom is -0.456 e. The topological polar surface area (TPSA) is 21.3 Å². The summed E-state index contributed by atoms with van der Waals surface area (Å²) in [4.78, 5) is 2.42. The van der Waals surface area contributed by atoms with E-state index in [0.29, 0.717) is 0 Å². The second kappa shape index (κ2) is 10.6. The summed E-state index contributed by atoms with van der Waals surface area (Å²) in [5, 5.41) is 9.68. The molecule has 0 aliphatic rings. The van der Waals surface area contributed by atoms with E-state index in [0.717, 1.165) is 44.7 Å². The van der Waals surface area contributed by atoms with Gasteiger partial charge in [0.2, 0.25) is 0 Å². The lowest BCUT2D eigenvalue weighted by Crippen LogP contribution is -2.11. The maximum atomic E-state index is 6.47. The van der Waals surface area contributed by atoms with E-state index in [1.807, 2.05) is 23.5 Å². The number of nitrogens with zero attached hydrogens (tertiary/aromatic N) is 2. The van der Waals surface area contributed by atoms with Gasteiger partial charge in [0.15, 0.2) is 0 Å². The number of rotatable bonds is 4. The van der Waals surface area contributed by atoms with E-state index in [-0.39, 0.29) is 0 Å². The van der Waals surface area contributed by atoms with Crippen molar-refractivity contribution in [3.63, 3.8) is 0 Å². The molecule has 11 aromatic rings. The lowest BCUT2D eigenvalue weighted by atomic mass is 10.1. The van der Waals surface area contributed by atoms with E-state index in [1.165, 1.54) is 52.8 Å². The fourth-order valence-corrected chi connectivity index (χ4v) is 9.07. The first-order chi connectivity index (χ1) is 24.8. The van der Waals surface area contributed by atoms with Crippen LogP contribution in [0.4, 0.5) is 17.1 Å². The van der Waals surface area contributed by atoms with Crippen molar-refractivity contribution in [1.82, 2.24) is 4.57 Å². The molecule has 0 unspecified atom stereocenters. The first kappa shape index (κ1) is 27.6. The van der Waals surface area contributed by atoms with Gasteiger partial charge in [0.1, 0.15) is 11.2 Å². The normalized spacial score (nSPS) is 12.0. The largest absolute Gasteiger partial charge is 0.456 e. The van der Waals surface area contributed by atoms with Gasteiger partial charge in [-0.1, -0.05) is 103 Å². The summed E-state index contributed by atoms with van der Waals surface area (Å²) in [5.41, 5.74) is 8.56. The highest BCUT2D eigenvalue weighted by molar-refractivity contribution is 7.26. The molecule has 11 rings (SSSR count). The molecule has 50 heavy (non-hydrogen) atoms. The van der Waals surface area contributed by atoms with Gasteiger partial charge in [-0.3, -0.25) is 0 Å². The number of furan rings is 1. The highest BCUT2D eigenvalue weighted by atomic mass is 32.1. The standard InChI is InChI=1S/C46H28N2OS/c1-2-12-30-25-31(22-21-29(30)11-1)47(32-23-24-37-36-15-5-9-19-43(36)49-44(37)28-32)42-27-33(26-39-38-16-6-10-20-45(38)50-46(39)42)48-40-17-7-3-13-34(40)35-14-4-8-18-41(35)48/h1-28H. The number of benzene rings is 8. The molecule has 0 amide bonds. The summed E-state index contributed by atoms with van der Waals surface area (Å²) in [6, 6.07) is 61.4. The van der Waals surface area contributed by atoms with E-state index in [4.69, 9.17) is 4.42 Å². The van der Waals surface area contributed by atoms with Crippen molar-refractivity contribution < 1.29 is 4.42 Å². The summed E-state index contributed by atoms with van der Waals surface area (Å²) >= 11 is 1.86. The molecule has 8 aromatic carbocycles. The van der Waals surface area contributed by atoms with Crippen LogP contribution < -0.4 is 4.90 Å². The molecule has 0 bridgehead atoms. The van der Waals surface area contributed by atoms with Crippen LogP contribution in [0.5, 0.6) is 0 Å². The Bertz CT molecular complexity index is 3070. The van der Waals surface area contributed by atoms with Gasteiger partial charge in [0.05, 0.1) is 21.4 Å². The van der Waals surface area contributed by atoms with Gasteiger partial charge >= 0.3 is 0 Å². The summed E-state index contributed by atoms with van der Waals surface area (Å²) < 4.78 is 11.4. The number of fused-ring (bicyclic) bond motifs is 10. The molecule has 0 fully saturated rings. The zero-order valence-corrected chi connectivity index (χ0v) is 27.7. The molecule has 4 heteroatoms. The molecular formula is C46H28N2OS. The second-order valence-corrected chi connectivity index (χ2v) is 14.0. The predicted molar refractivity (Wildman–Crippen MR) is 213 cm³/mol. The van der Waals surface area contributed by atoms with Crippen molar-refractivity contribution in [1.29, 1.82) is 0 Å². The minimum absolute atomic E-state index is 0.876. The monoisotopic (exact) mass is 656 g/mol. The molecule has 0 spiro atoms. The lowest BCUT2D eigenvalue weighted by Gasteiger charge is -2.27. The number of hydrogen-bond donors (Lipinski definition) is 0. The Hall–Kier alpha value is -6.36. The molecule has 0 aliphatic heterocycles. The van der Waals surface area contributed by atoms with Crippen molar-refractivity contribution >= 4 is 103 Å². The fraction of sp³-hybridized carbons (Fsp3) is 0. The highest BCUT2D eigenvalue weighted by Crippen LogP contribution is 2.48. The lowest BCUT2D eigenvalue weighted by molar-refractivity contribution is 0.669. The van der Waals surface area contributed by atoms with Crippen LogP contribution in [0.1, 0.15) is 0 Å². The van der Waals surface area contributed by atoms with Crippen LogP contribution in [0, 0.1) is 0 Å². The van der Waals surface area contributed by atoms with Gasteiger partial charge < -0.3 is 13.9 Å². The Kier molecular flexibility index (Phi) is 5.83. The molecule has 0 saturated heterocycles. The van der Waals surface area contributed by atoms with Crippen molar-refractivity contribution in [3.8, 4) is 5.69 Å². The van der Waals surface area contributed by atoms with Crippen molar-refractivity contribution in [3.05, 3.63) is 170 Å². The first-order valence-electron chi connectivity index (χ1n) is 16.9. The molecule has 3 nitrogen and oxygen atoms in total. The maximum Gasteiger partial charge on any atom is 0.137 e. The van der Waals surface area contributed by atoms with Gasteiger partial charge in [-0.2, -0.15) is 0 Å². The Morgan fingerprint density at radius 1 is 0.440 bits per heavy atom. The zero-order valence-electron chi connectivity index (χ0n) is 26.9. The third-order valence-electron chi connectivity index (χ3n) is 10.1. The number of thiophene rings is 1. The third kappa shape index (κ3) is 4.03. The number of aromatic nitrogens is 1. The van der Waals surface area contributed by atoms with Crippen LogP contribution in [-0.2, 0) is 0 Å². The van der Waals surface area contributed by atoms with Crippen LogP contribution in [-0.4, -0.2) is 4.57 Å². The number of para-hydroxylation sites is 3. The van der Waals surface area contributed by atoms with Crippen molar-refractivity contribution in [2.45, 2.75) is 0 Å². The van der Waals surface area contributed by atoms with E-state index in [2.05, 4.69) is 167 Å². The zero-order chi connectivity index (χ0) is 32.8. The van der Waals surface area contributed by atoms with Crippen LogP contribution in [0.25, 0.3) is 80.4 Å².